The van der Waals surface area contributed by atoms with Gasteiger partial charge in [0, 0.05) is 13.1 Å². The Balaban J connectivity index is 2.34. The van der Waals surface area contributed by atoms with Crippen molar-refractivity contribution in [2.75, 3.05) is 12.3 Å². The molecule has 0 atom stereocenters. The first kappa shape index (κ1) is 9.76. The number of anilines is 1. The van der Waals surface area contributed by atoms with E-state index in [0.717, 1.165) is 5.56 Å². The van der Waals surface area contributed by atoms with Crippen LogP contribution in [0.1, 0.15) is 11.1 Å². The second-order valence-electron chi connectivity index (χ2n) is 3.60. The van der Waals surface area contributed by atoms with E-state index in [2.05, 4.69) is 0 Å². The Morgan fingerprint density at radius 2 is 2.20 bits per heavy atom. The smallest absolute Gasteiger partial charge is 0.407 e. The maximum absolute atomic E-state index is 13.1. The van der Waals surface area contributed by atoms with Crippen LogP contribution >= 0.6 is 0 Å². The summed E-state index contributed by atoms with van der Waals surface area (Å²) < 4.78 is 13.1. The number of carboxylic acid groups (broad SMARTS) is 1. The summed E-state index contributed by atoms with van der Waals surface area (Å²) in [6, 6.07) is 2.91. The van der Waals surface area contributed by atoms with Crippen LogP contribution in [0.5, 0.6) is 0 Å². The fourth-order valence-corrected chi connectivity index (χ4v) is 1.76. The van der Waals surface area contributed by atoms with Crippen LogP contribution in [0.15, 0.2) is 12.1 Å². The summed E-state index contributed by atoms with van der Waals surface area (Å²) in [7, 11) is 0. The molecular formula is C10H11FN2O2. The van der Waals surface area contributed by atoms with E-state index >= 15 is 0 Å². The molecular weight excluding hydrogens is 199 g/mol. The Bertz CT molecular complexity index is 420. The maximum atomic E-state index is 13.1. The lowest BCUT2D eigenvalue weighted by Crippen LogP contribution is -2.34. The van der Waals surface area contributed by atoms with Gasteiger partial charge in [0.25, 0.3) is 0 Å². The van der Waals surface area contributed by atoms with Gasteiger partial charge in [-0.15, -0.1) is 0 Å². The summed E-state index contributed by atoms with van der Waals surface area (Å²) in [5.41, 5.74) is 7.20. The lowest BCUT2D eigenvalue weighted by molar-refractivity contribution is 0.140. The molecule has 0 saturated heterocycles. The number of hydrogen-bond donors (Lipinski definition) is 2. The van der Waals surface area contributed by atoms with Crippen LogP contribution in [0, 0.1) is 5.82 Å². The fourth-order valence-electron chi connectivity index (χ4n) is 1.76. The zero-order chi connectivity index (χ0) is 11.0. The second-order valence-corrected chi connectivity index (χ2v) is 3.60. The molecule has 0 saturated carbocycles. The number of nitrogen functional groups attached to an aromatic ring is 1. The van der Waals surface area contributed by atoms with E-state index in [0.29, 0.717) is 18.5 Å². The van der Waals surface area contributed by atoms with Gasteiger partial charge in [0.05, 0.1) is 5.69 Å². The lowest BCUT2D eigenvalue weighted by atomic mass is 9.99. The van der Waals surface area contributed by atoms with Gasteiger partial charge < -0.3 is 15.7 Å². The number of nitrogens with two attached hydrogens (primary N) is 1. The minimum Gasteiger partial charge on any atom is -0.465 e. The summed E-state index contributed by atoms with van der Waals surface area (Å²) in [5, 5.41) is 8.80. The highest BCUT2D eigenvalue weighted by Crippen LogP contribution is 2.23. The molecule has 5 heteroatoms. The van der Waals surface area contributed by atoms with E-state index < -0.39 is 11.9 Å². The fraction of sp³-hybridized carbons (Fsp3) is 0.300. The van der Waals surface area contributed by atoms with Gasteiger partial charge in [-0.05, 0) is 29.7 Å². The molecule has 1 aliphatic rings. The largest absolute Gasteiger partial charge is 0.465 e. The number of benzene rings is 1. The number of hydrogen-bond acceptors (Lipinski definition) is 2. The van der Waals surface area contributed by atoms with Crippen molar-refractivity contribution in [2.24, 2.45) is 0 Å². The van der Waals surface area contributed by atoms with Gasteiger partial charge in [0.15, 0.2) is 0 Å². The first-order chi connectivity index (χ1) is 7.08. The predicted molar refractivity (Wildman–Crippen MR) is 53.0 cm³/mol. The number of nitrogens with zero attached hydrogens (tertiary/aromatic N) is 1. The molecule has 1 amide bonds. The van der Waals surface area contributed by atoms with Crippen LogP contribution in [0.3, 0.4) is 0 Å². The van der Waals surface area contributed by atoms with Crippen LogP contribution in [-0.4, -0.2) is 22.6 Å². The van der Waals surface area contributed by atoms with Crippen LogP contribution in [0.25, 0.3) is 0 Å². The van der Waals surface area contributed by atoms with Crippen molar-refractivity contribution in [3.05, 3.63) is 29.1 Å². The zero-order valence-corrected chi connectivity index (χ0v) is 8.03. The minimum atomic E-state index is -0.974. The topological polar surface area (TPSA) is 66.6 Å². The quantitative estimate of drug-likeness (QED) is 0.637. The van der Waals surface area contributed by atoms with Gasteiger partial charge in [0.2, 0.25) is 0 Å². The highest BCUT2D eigenvalue weighted by Gasteiger charge is 2.20. The summed E-state index contributed by atoms with van der Waals surface area (Å²) >= 11 is 0. The Morgan fingerprint density at radius 1 is 1.47 bits per heavy atom. The van der Waals surface area contributed by atoms with Crippen molar-refractivity contribution in [1.82, 2.24) is 4.90 Å². The highest BCUT2D eigenvalue weighted by molar-refractivity contribution is 5.65. The Kier molecular flexibility index (Phi) is 2.22. The molecule has 0 aliphatic carbocycles. The first-order valence-electron chi connectivity index (χ1n) is 4.62. The highest BCUT2D eigenvalue weighted by atomic mass is 19.1. The second kappa shape index (κ2) is 3.42. The van der Waals surface area contributed by atoms with Gasteiger partial charge in [-0.25, -0.2) is 9.18 Å². The van der Waals surface area contributed by atoms with Gasteiger partial charge in [0.1, 0.15) is 5.82 Å². The van der Waals surface area contributed by atoms with Crippen LogP contribution < -0.4 is 5.73 Å². The molecule has 0 spiro atoms. The van der Waals surface area contributed by atoms with E-state index in [1.54, 1.807) is 6.07 Å². The molecule has 1 aliphatic heterocycles. The average Bonchev–Trinajstić information content (AvgIpc) is 2.19. The molecule has 1 aromatic carbocycles. The van der Waals surface area contributed by atoms with Crippen molar-refractivity contribution < 1.29 is 14.3 Å². The normalized spacial score (nSPS) is 14.9. The Morgan fingerprint density at radius 3 is 2.87 bits per heavy atom. The number of carbonyl (C=O) groups is 1. The van der Waals surface area contributed by atoms with Gasteiger partial charge >= 0.3 is 6.09 Å². The SMILES string of the molecule is Nc1cc2c(cc1F)CN(C(=O)O)CC2. The molecule has 15 heavy (non-hydrogen) atoms. The average molecular weight is 210 g/mol. The first-order valence-corrected chi connectivity index (χ1v) is 4.62. The van der Waals surface area contributed by atoms with Gasteiger partial charge in [-0.2, -0.15) is 0 Å². The monoisotopic (exact) mass is 210 g/mol. The third-order valence-corrected chi connectivity index (χ3v) is 2.60. The molecule has 0 fully saturated rings. The van der Waals surface area contributed by atoms with Crippen molar-refractivity contribution in [3.8, 4) is 0 Å². The van der Waals surface area contributed by atoms with Crippen molar-refractivity contribution in [2.45, 2.75) is 13.0 Å². The molecule has 1 aromatic rings. The summed E-state index contributed by atoms with van der Waals surface area (Å²) in [6.07, 6.45) is -0.385. The predicted octanol–water partition coefficient (Wildman–Crippen LogP) is 1.44. The minimum absolute atomic E-state index is 0.123. The number of amides is 1. The molecule has 2 rings (SSSR count). The third-order valence-electron chi connectivity index (χ3n) is 2.60. The van der Waals surface area contributed by atoms with E-state index in [1.807, 2.05) is 0 Å². The van der Waals surface area contributed by atoms with Crippen molar-refractivity contribution in [1.29, 1.82) is 0 Å². The van der Waals surface area contributed by atoms with E-state index in [4.69, 9.17) is 10.8 Å². The zero-order valence-electron chi connectivity index (χ0n) is 8.03. The summed E-state index contributed by atoms with van der Waals surface area (Å²) in [6.45, 7) is 0.676. The Hall–Kier alpha value is -1.78. The standard InChI is InChI=1S/C10H11FN2O2/c11-8-3-7-5-13(10(14)15)2-1-6(7)4-9(8)12/h3-4H,1-2,5,12H2,(H,14,15). The molecule has 1 heterocycles. The summed E-state index contributed by atoms with van der Waals surface area (Å²) in [5.74, 6) is -0.485. The number of fused-ring (bicyclic) bond motifs is 1. The van der Waals surface area contributed by atoms with Crippen LogP contribution in [0.4, 0.5) is 14.9 Å². The van der Waals surface area contributed by atoms with E-state index in [9.17, 15) is 9.18 Å². The van der Waals surface area contributed by atoms with Crippen LogP contribution in [0.2, 0.25) is 0 Å². The molecule has 4 nitrogen and oxygen atoms in total. The molecule has 0 bridgehead atoms. The van der Waals surface area contributed by atoms with E-state index in [1.165, 1.54) is 11.0 Å². The van der Waals surface area contributed by atoms with Crippen molar-refractivity contribution >= 4 is 11.8 Å². The van der Waals surface area contributed by atoms with Crippen molar-refractivity contribution in [3.63, 3.8) is 0 Å². The molecule has 3 N–H and O–H groups in total. The number of rotatable bonds is 0. The molecule has 0 aromatic heterocycles. The molecule has 0 radical (unpaired) electrons. The lowest BCUT2D eigenvalue weighted by Gasteiger charge is -2.26. The van der Waals surface area contributed by atoms with Gasteiger partial charge in [-0.1, -0.05) is 0 Å². The number of halogens is 1. The summed E-state index contributed by atoms with van der Waals surface area (Å²) in [4.78, 5) is 12.0. The maximum Gasteiger partial charge on any atom is 0.407 e. The Labute approximate surface area is 86.1 Å². The van der Waals surface area contributed by atoms with Crippen LogP contribution in [-0.2, 0) is 13.0 Å². The van der Waals surface area contributed by atoms with E-state index in [-0.39, 0.29) is 12.2 Å². The third kappa shape index (κ3) is 1.72. The molecule has 0 unspecified atom stereocenters. The molecule has 80 valence electrons. The van der Waals surface area contributed by atoms with Gasteiger partial charge in [-0.3, -0.25) is 0 Å².